The molecule has 0 rings (SSSR count). The largest absolute Gasteiger partial charge is 0.504 e. The third kappa shape index (κ3) is 15.4. The Hall–Kier alpha value is -1.88. The standard InChI is InChI=1S/2C6H7F3O3.Cu/c2*1-2-12-5(11)3-4(10)6(7,8)9;/h2*3,10H,2H2,1H3;/b2*4-3-;. The van der Waals surface area contributed by atoms with Gasteiger partial charge in [0.25, 0.3) is 0 Å². The maximum atomic E-state index is 11.5. The van der Waals surface area contributed by atoms with Gasteiger partial charge in [0.2, 0.25) is 11.5 Å². The number of allylic oxidation sites excluding steroid dienone is 2. The molecule has 0 saturated carbocycles. The fourth-order valence-electron chi connectivity index (χ4n) is 0.755. The number of ether oxygens (including phenoxy) is 2. The van der Waals surface area contributed by atoms with E-state index in [1.54, 1.807) is 0 Å². The second-order valence-electron chi connectivity index (χ2n) is 3.56. The van der Waals surface area contributed by atoms with E-state index in [9.17, 15) is 35.9 Å². The molecule has 0 aromatic heterocycles. The molecular weight excluding hydrogens is 418 g/mol. The van der Waals surface area contributed by atoms with Crippen LogP contribution in [0.25, 0.3) is 0 Å². The van der Waals surface area contributed by atoms with Crippen LogP contribution in [-0.2, 0) is 36.1 Å². The molecule has 13 heteroatoms. The van der Waals surface area contributed by atoms with Crippen molar-refractivity contribution in [2.45, 2.75) is 26.2 Å². The van der Waals surface area contributed by atoms with Gasteiger partial charge in [0, 0.05) is 17.1 Å². The molecule has 0 aliphatic carbocycles. The summed E-state index contributed by atoms with van der Waals surface area (Å²) in [5, 5.41) is 16.4. The smallest absolute Gasteiger partial charge is 0.448 e. The Morgan fingerprint density at radius 2 is 1.04 bits per heavy atom. The molecule has 0 bridgehead atoms. The van der Waals surface area contributed by atoms with E-state index in [2.05, 4.69) is 9.47 Å². The van der Waals surface area contributed by atoms with Crippen molar-refractivity contribution >= 4 is 11.9 Å². The Labute approximate surface area is 148 Å². The number of halogens is 6. The van der Waals surface area contributed by atoms with Gasteiger partial charge in [-0.05, 0) is 13.8 Å². The van der Waals surface area contributed by atoms with Crippen molar-refractivity contribution < 1.29 is 72.7 Å². The van der Waals surface area contributed by atoms with E-state index < -0.39 is 35.8 Å². The topological polar surface area (TPSA) is 93.1 Å². The summed E-state index contributed by atoms with van der Waals surface area (Å²) in [6.45, 7) is 2.80. The average Bonchev–Trinajstić information content (AvgIpc) is 2.37. The molecule has 151 valence electrons. The summed E-state index contributed by atoms with van der Waals surface area (Å²) in [6, 6.07) is 0. The molecule has 0 aromatic rings. The fourth-order valence-corrected chi connectivity index (χ4v) is 0.755. The van der Waals surface area contributed by atoms with Gasteiger partial charge in [-0.2, -0.15) is 26.3 Å². The summed E-state index contributed by atoms with van der Waals surface area (Å²) >= 11 is 0. The van der Waals surface area contributed by atoms with Crippen LogP contribution in [0.5, 0.6) is 0 Å². The van der Waals surface area contributed by atoms with E-state index in [1.165, 1.54) is 13.8 Å². The average molecular weight is 432 g/mol. The fraction of sp³-hybridized carbons (Fsp3) is 0.500. The summed E-state index contributed by atoms with van der Waals surface area (Å²) in [4.78, 5) is 20.7. The van der Waals surface area contributed by atoms with Gasteiger partial charge in [-0.25, -0.2) is 9.59 Å². The van der Waals surface area contributed by atoms with E-state index in [-0.39, 0.29) is 42.4 Å². The first-order chi connectivity index (χ1) is 10.8. The first-order valence-corrected chi connectivity index (χ1v) is 6.04. The van der Waals surface area contributed by atoms with Crippen LogP contribution in [0, 0.1) is 0 Å². The van der Waals surface area contributed by atoms with Crippen molar-refractivity contribution in [2.75, 3.05) is 13.2 Å². The monoisotopic (exact) mass is 431 g/mol. The van der Waals surface area contributed by atoms with Crippen LogP contribution in [0.2, 0.25) is 0 Å². The zero-order valence-electron chi connectivity index (χ0n) is 12.7. The van der Waals surface area contributed by atoms with Crippen LogP contribution in [0.1, 0.15) is 13.8 Å². The van der Waals surface area contributed by atoms with E-state index in [0.717, 1.165) is 0 Å². The van der Waals surface area contributed by atoms with Gasteiger partial charge in [0.05, 0.1) is 25.4 Å². The van der Waals surface area contributed by atoms with Gasteiger partial charge < -0.3 is 19.7 Å². The molecule has 2 N–H and O–H groups in total. The summed E-state index contributed by atoms with van der Waals surface area (Å²) in [5.74, 6) is -6.35. The van der Waals surface area contributed by atoms with Crippen LogP contribution in [0.3, 0.4) is 0 Å². The molecule has 0 unspecified atom stereocenters. The molecule has 25 heavy (non-hydrogen) atoms. The van der Waals surface area contributed by atoms with Gasteiger partial charge >= 0.3 is 24.3 Å². The van der Waals surface area contributed by atoms with E-state index in [0.29, 0.717) is 0 Å². The zero-order valence-corrected chi connectivity index (χ0v) is 13.6. The van der Waals surface area contributed by atoms with Crippen LogP contribution in [-0.4, -0.2) is 47.7 Å². The summed E-state index contributed by atoms with van der Waals surface area (Å²) in [6.07, 6.45) is -9.81. The molecule has 0 atom stereocenters. The van der Waals surface area contributed by atoms with E-state index in [4.69, 9.17) is 10.2 Å². The first kappa shape index (κ1) is 27.9. The minimum absolute atomic E-state index is 0. The molecule has 0 heterocycles. The van der Waals surface area contributed by atoms with Crippen LogP contribution < -0.4 is 0 Å². The van der Waals surface area contributed by atoms with Crippen LogP contribution >= 0.6 is 0 Å². The Morgan fingerprint density at radius 3 is 1.20 bits per heavy atom. The molecule has 0 spiro atoms. The maximum Gasteiger partial charge on any atom is 0.448 e. The van der Waals surface area contributed by atoms with Crippen LogP contribution in [0.4, 0.5) is 26.3 Å². The third-order valence-electron chi connectivity index (χ3n) is 1.66. The van der Waals surface area contributed by atoms with Gasteiger partial charge in [0.1, 0.15) is 0 Å². The number of rotatable bonds is 4. The van der Waals surface area contributed by atoms with Crippen molar-refractivity contribution in [3.05, 3.63) is 23.7 Å². The minimum Gasteiger partial charge on any atom is -0.504 e. The van der Waals surface area contributed by atoms with Crippen molar-refractivity contribution in [3.63, 3.8) is 0 Å². The van der Waals surface area contributed by atoms with E-state index >= 15 is 0 Å². The number of carbonyl (C=O) groups is 2. The second-order valence-corrected chi connectivity index (χ2v) is 3.56. The number of carbonyl (C=O) groups excluding carboxylic acids is 2. The molecule has 6 nitrogen and oxygen atoms in total. The first-order valence-electron chi connectivity index (χ1n) is 6.04. The second kappa shape index (κ2) is 12.5. The Morgan fingerprint density at radius 1 is 0.800 bits per heavy atom. The number of hydrogen-bond acceptors (Lipinski definition) is 6. The predicted octanol–water partition coefficient (Wildman–Crippen LogP) is 3.10. The number of aliphatic hydroxyl groups excluding tert-OH is 2. The molecule has 0 aliphatic heterocycles. The molecule has 1 radical (unpaired) electrons. The van der Waals surface area contributed by atoms with Gasteiger partial charge in [-0.3, -0.25) is 0 Å². The Kier molecular flexibility index (Phi) is 13.9. The quantitative estimate of drug-likeness (QED) is 0.234. The minimum atomic E-state index is -4.90. The Bertz CT molecular complexity index is 439. The zero-order chi connectivity index (χ0) is 19.6. The summed E-state index contributed by atoms with van der Waals surface area (Å²) in [5.41, 5.74) is 0. The van der Waals surface area contributed by atoms with Gasteiger partial charge in [-0.15, -0.1) is 0 Å². The molecule has 0 aliphatic rings. The van der Waals surface area contributed by atoms with Gasteiger partial charge in [0.15, 0.2) is 0 Å². The molecule has 0 amide bonds. The normalized spacial score (nSPS) is 12.3. The number of esters is 2. The SMILES string of the molecule is CCOC(=O)/C=C(\O)C(F)(F)F.CCOC(=O)/C=C(\O)C(F)(F)F.[Cu]. The van der Waals surface area contributed by atoms with Crippen molar-refractivity contribution in [1.29, 1.82) is 0 Å². The molecule has 0 aromatic carbocycles. The predicted molar refractivity (Wildman–Crippen MR) is 66.8 cm³/mol. The molecular formula is C12H14CuF6O6. The van der Waals surface area contributed by atoms with Crippen LogP contribution in [0.15, 0.2) is 23.7 Å². The summed E-state index contributed by atoms with van der Waals surface area (Å²) < 4.78 is 77.4. The van der Waals surface area contributed by atoms with E-state index in [1.807, 2.05) is 0 Å². The summed E-state index contributed by atoms with van der Waals surface area (Å²) in [7, 11) is 0. The number of hydrogen-bond donors (Lipinski definition) is 2. The maximum absolute atomic E-state index is 11.5. The van der Waals surface area contributed by atoms with Gasteiger partial charge in [-0.1, -0.05) is 0 Å². The number of alkyl halides is 6. The van der Waals surface area contributed by atoms with Crippen molar-refractivity contribution in [1.82, 2.24) is 0 Å². The molecule has 0 fully saturated rings. The third-order valence-corrected chi connectivity index (χ3v) is 1.66. The Balaban J connectivity index is -0.000000372. The van der Waals surface area contributed by atoms with Crippen molar-refractivity contribution in [3.8, 4) is 0 Å². The molecule has 0 saturated heterocycles. The van der Waals surface area contributed by atoms with Crippen molar-refractivity contribution in [2.24, 2.45) is 0 Å². The number of aliphatic hydroxyl groups is 2.